The first-order valence-electron chi connectivity index (χ1n) is 13.9. The van der Waals surface area contributed by atoms with Gasteiger partial charge in [-0.1, -0.05) is 94.4 Å². The van der Waals surface area contributed by atoms with E-state index in [2.05, 4.69) is 98.2 Å². The second kappa shape index (κ2) is 11.8. The Morgan fingerprint density at radius 1 is 0.474 bits per heavy atom. The Bertz CT molecular complexity index is 1630. The molecule has 0 N–H and O–H groups in total. The molecule has 4 heteroatoms. The highest BCUT2D eigenvalue weighted by atomic mass is 16.3. The third-order valence-electron chi connectivity index (χ3n) is 7.55. The van der Waals surface area contributed by atoms with Crippen molar-refractivity contribution < 1.29 is 8.83 Å². The van der Waals surface area contributed by atoms with Crippen molar-refractivity contribution in [3.05, 3.63) is 96.1 Å². The maximum atomic E-state index is 6.05. The van der Waals surface area contributed by atoms with Gasteiger partial charge >= 0.3 is 0 Å². The van der Waals surface area contributed by atoms with Crippen LogP contribution in [0.5, 0.6) is 0 Å². The average molecular weight is 507 g/mol. The van der Waals surface area contributed by atoms with Crippen molar-refractivity contribution in [1.82, 2.24) is 9.80 Å². The summed E-state index contributed by atoms with van der Waals surface area (Å²) in [6, 6.07) is 29.3. The predicted octanol–water partition coefficient (Wildman–Crippen LogP) is 8.86. The van der Waals surface area contributed by atoms with Crippen LogP contribution in [0.25, 0.3) is 43.9 Å². The number of rotatable bonds is 8. The molecule has 0 aliphatic heterocycles. The van der Waals surface area contributed by atoms with E-state index in [-0.39, 0.29) is 0 Å². The minimum absolute atomic E-state index is 0.949. The fraction of sp³-hybridized carbons (Fsp3) is 0.294. The van der Waals surface area contributed by atoms with Crippen molar-refractivity contribution in [1.29, 1.82) is 0 Å². The molecule has 2 heterocycles. The van der Waals surface area contributed by atoms with Gasteiger partial charge in [0.15, 0.2) is 0 Å². The monoisotopic (exact) mass is 506 g/mol. The maximum absolute atomic E-state index is 6.05. The van der Waals surface area contributed by atoms with Crippen LogP contribution >= 0.6 is 0 Å². The molecular weight excluding hydrogens is 468 g/mol. The summed E-state index contributed by atoms with van der Waals surface area (Å²) in [4.78, 5) is 4.83. The van der Waals surface area contributed by atoms with Crippen molar-refractivity contribution in [2.24, 2.45) is 0 Å². The molecule has 0 saturated heterocycles. The minimum atomic E-state index is 0.949. The fourth-order valence-corrected chi connectivity index (χ4v) is 5.29. The Kier molecular flexibility index (Phi) is 8.11. The van der Waals surface area contributed by atoms with E-state index < -0.39 is 0 Å². The maximum Gasteiger partial charge on any atom is 0.139 e. The van der Waals surface area contributed by atoms with Gasteiger partial charge in [0.2, 0.25) is 0 Å². The van der Waals surface area contributed by atoms with Gasteiger partial charge < -0.3 is 8.83 Å². The Morgan fingerprint density at radius 3 is 1.66 bits per heavy atom. The molecule has 0 spiro atoms. The van der Waals surface area contributed by atoms with Gasteiger partial charge in [0.05, 0.1) is 0 Å². The third-order valence-corrected chi connectivity index (χ3v) is 7.55. The number of fused-ring (bicyclic) bond motifs is 6. The molecule has 4 aromatic carbocycles. The lowest BCUT2D eigenvalue weighted by Gasteiger charge is -2.18. The molecule has 0 radical (unpaired) electrons. The molecule has 0 unspecified atom stereocenters. The largest absolute Gasteiger partial charge is 0.456 e. The molecule has 2 aromatic heterocycles. The zero-order chi connectivity index (χ0) is 26.5. The van der Waals surface area contributed by atoms with Crippen molar-refractivity contribution in [3.63, 3.8) is 0 Å². The quantitative estimate of drug-likeness (QED) is 0.206. The van der Waals surface area contributed by atoms with Crippen LogP contribution in [0.2, 0.25) is 0 Å². The zero-order valence-corrected chi connectivity index (χ0v) is 23.0. The summed E-state index contributed by atoms with van der Waals surface area (Å²) in [6.07, 6.45) is 0. The summed E-state index contributed by atoms with van der Waals surface area (Å²) in [7, 11) is 0. The fourth-order valence-electron chi connectivity index (χ4n) is 5.29. The van der Waals surface area contributed by atoms with Crippen molar-refractivity contribution in [3.8, 4) is 0 Å². The molecule has 38 heavy (non-hydrogen) atoms. The number of furan rings is 2. The third kappa shape index (κ3) is 5.20. The smallest absolute Gasteiger partial charge is 0.139 e. The number of hydrogen-bond acceptors (Lipinski definition) is 4. The number of nitrogens with zero attached hydrogens (tertiary/aromatic N) is 2. The van der Waals surface area contributed by atoms with Crippen LogP contribution in [-0.2, 0) is 13.1 Å². The van der Waals surface area contributed by atoms with Gasteiger partial charge in [0.1, 0.15) is 22.3 Å². The van der Waals surface area contributed by atoms with E-state index in [4.69, 9.17) is 8.83 Å². The van der Waals surface area contributed by atoms with Crippen LogP contribution in [0.15, 0.2) is 93.8 Å². The highest BCUT2D eigenvalue weighted by molar-refractivity contribution is 6.07. The van der Waals surface area contributed by atoms with E-state index >= 15 is 0 Å². The first-order chi connectivity index (χ1) is 18.7. The van der Waals surface area contributed by atoms with Gasteiger partial charge in [-0.15, -0.1) is 0 Å². The lowest BCUT2D eigenvalue weighted by atomic mass is 10.1. The van der Waals surface area contributed by atoms with Gasteiger partial charge in [-0.2, -0.15) is 0 Å². The molecular formula is C34H38N2O2. The molecule has 0 saturated carbocycles. The lowest BCUT2D eigenvalue weighted by Crippen LogP contribution is -2.22. The van der Waals surface area contributed by atoms with Crippen LogP contribution in [-0.4, -0.2) is 36.0 Å². The second-order valence-corrected chi connectivity index (χ2v) is 9.70. The molecule has 0 bridgehead atoms. The van der Waals surface area contributed by atoms with Crippen LogP contribution < -0.4 is 0 Å². The first kappa shape index (κ1) is 26.0. The van der Waals surface area contributed by atoms with E-state index in [1.807, 2.05) is 24.3 Å². The highest BCUT2D eigenvalue weighted by Gasteiger charge is 2.13. The van der Waals surface area contributed by atoms with Crippen LogP contribution in [0.4, 0.5) is 0 Å². The van der Waals surface area contributed by atoms with Crippen molar-refractivity contribution in [2.75, 3.05) is 26.2 Å². The van der Waals surface area contributed by atoms with E-state index in [1.165, 1.54) is 32.7 Å². The number of para-hydroxylation sites is 3. The first-order valence-corrected chi connectivity index (χ1v) is 13.9. The molecule has 0 fully saturated rings. The topological polar surface area (TPSA) is 32.8 Å². The van der Waals surface area contributed by atoms with Gasteiger partial charge in [-0.3, -0.25) is 9.80 Å². The van der Waals surface area contributed by atoms with Gasteiger partial charge in [-0.05, 0) is 49.9 Å². The Morgan fingerprint density at radius 2 is 0.974 bits per heavy atom. The Labute approximate surface area is 225 Å². The molecule has 0 amide bonds. The van der Waals surface area contributed by atoms with Gasteiger partial charge in [0, 0.05) is 40.2 Å². The standard InChI is InChI=1S/2C17H19NO/c1-3-18(4-2)12-13-8-7-10-15-14-9-5-6-11-16(14)19-17(13)15;1-3-18(4-2)12-13-8-7-11-16-17(13)14-9-5-6-10-15(14)19-16/h2*5-11H,3-4,12H2,1-2H3. The van der Waals surface area contributed by atoms with Gasteiger partial charge in [-0.25, -0.2) is 0 Å². The lowest BCUT2D eigenvalue weighted by molar-refractivity contribution is 0.296. The molecule has 196 valence electrons. The molecule has 6 rings (SSSR count). The Balaban J connectivity index is 0.000000155. The van der Waals surface area contributed by atoms with Gasteiger partial charge in [0.25, 0.3) is 0 Å². The summed E-state index contributed by atoms with van der Waals surface area (Å²) in [5.41, 5.74) is 6.61. The second-order valence-electron chi connectivity index (χ2n) is 9.70. The van der Waals surface area contributed by atoms with Crippen LogP contribution in [0.1, 0.15) is 38.8 Å². The summed E-state index contributed by atoms with van der Waals surface area (Å²) in [5, 5.41) is 4.92. The number of hydrogen-bond donors (Lipinski definition) is 0. The van der Waals surface area contributed by atoms with Crippen LogP contribution in [0, 0.1) is 0 Å². The van der Waals surface area contributed by atoms with Crippen LogP contribution in [0.3, 0.4) is 0 Å². The van der Waals surface area contributed by atoms with E-state index in [1.54, 1.807) is 0 Å². The molecule has 4 nitrogen and oxygen atoms in total. The molecule has 0 aliphatic rings. The Hall–Kier alpha value is -3.60. The summed E-state index contributed by atoms with van der Waals surface area (Å²) < 4.78 is 12.0. The zero-order valence-electron chi connectivity index (χ0n) is 23.0. The van der Waals surface area contributed by atoms with Crippen molar-refractivity contribution >= 4 is 43.9 Å². The summed E-state index contributed by atoms with van der Waals surface area (Å²) in [5.74, 6) is 0. The van der Waals surface area contributed by atoms with E-state index in [0.29, 0.717) is 0 Å². The highest BCUT2D eigenvalue weighted by Crippen LogP contribution is 2.32. The number of benzene rings is 4. The molecule has 6 aromatic rings. The SMILES string of the molecule is CCN(CC)Cc1cccc2c1oc1ccccc12.CCN(CC)Cc1cccc2oc3ccccc3c12. The van der Waals surface area contributed by atoms with E-state index in [0.717, 1.165) is 61.6 Å². The summed E-state index contributed by atoms with van der Waals surface area (Å²) >= 11 is 0. The van der Waals surface area contributed by atoms with E-state index in [9.17, 15) is 0 Å². The predicted molar refractivity (Wildman–Crippen MR) is 161 cm³/mol. The molecule has 0 aliphatic carbocycles. The normalized spacial score (nSPS) is 11.7. The minimum Gasteiger partial charge on any atom is -0.456 e. The summed E-state index contributed by atoms with van der Waals surface area (Å²) in [6.45, 7) is 15.0. The molecule has 0 atom stereocenters. The average Bonchev–Trinajstić information content (AvgIpc) is 3.54. The van der Waals surface area contributed by atoms with Crippen molar-refractivity contribution in [2.45, 2.75) is 40.8 Å².